The normalized spacial score (nSPS) is 21.9. The number of nitrogens with zero attached hydrogens (tertiary/aromatic N) is 5. The van der Waals surface area contributed by atoms with Crippen LogP contribution in [0.2, 0.25) is 5.02 Å². The first-order valence-electron chi connectivity index (χ1n) is 15.7. The first kappa shape index (κ1) is 29.8. The number of anilines is 2. The maximum absolute atomic E-state index is 16.6. The van der Waals surface area contributed by atoms with Gasteiger partial charge in [0.2, 0.25) is 5.91 Å². The zero-order valence-electron chi connectivity index (χ0n) is 24.9. The van der Waals surface area contributed by atoms with Gasteiger partial charge in [-0.15, -0.1) is 0 Å². The number of benzene rings is 1. The maximum atomic E-state index is 16.6. The maximum Gasteiger partial charge on any atom is 0.319 e. The van der Waals surface area contributed by atoms with E-state index in [0.717, 1.165) is 63.7 Å². The lowest BCUT2D eigenvalue weighted by molar-refractivity contribution is -0.121. The van der Waals surface area contributed by atoms with Gasteiger partial charge in [-0.2, -0.15) is 9.97 Å². The van der Waals surface area contributed by atoms with Crippen LogP contribution >= 0.6 is 11.6 Å². The highest BCUT2D eigenvalue weighted by Gasteiger charge is 2.27. The second-order valence-corrected chi connectivity index (χ2v) is 12.7. The molecule has 1 unspecified atom stereocenters. The van der Waals surface area contributed by atoms with E-state index in [1.807, 2.05) is 0 Å². The molecule has 0 radical (unpaired) electrons. The highest BCUT2D eigenvalue weighted by molar-refractivity contribution is 6.32. The number of nitrogens with two attached hydrogens (primary N) is 1. The van der Waals surface area contributed by atoms with E-state index in [0.29, 0.717) is 71.9 Å². The summed E-state index contributed by atoms with van der Waals surface area (Å²) in [6.45, 7) is 3.74. The smallest absolute Gasteiger partial charge is 0.319 e. The molecule has 0 aliphatic carbocycles. The first-order valence-corrected chi connectivity index (χ1v) is 16.0. The van der Waals surface area contributed by atoms with Crippen molar-refractivity contribution in [3.05, 3.63) is 34.7 Å². The molecular formula is C32H41ClFN7O2. The van der Waals surface area contributed by atoms with Gasteiger partial charge in [-0.1, -0.05) is 11.6 Å². The molecule has 0 spiro atoms. The molecule has 1 amide bonds. The minimum atomic E-state index is -0.543. The van der Waals surface area contributed by atoms with Crippen molar-refractivity contribution in [3.63, 3.8) is 0 Å². The number of hydrogen-bond acceptors (Lipinski definition) is 8. The van der Waals surface area contributed by atoms with Gasteiger partial charge >= 0.3 is 6.01 Å². The van der Waals surface area contributed by atoms with E-state index in [4.69, 9.17) is 27.1 Å². The molecule has 11 heteroatoms. The van der Waals surface area contributed by atoms with Crippen molar-refractivity contribution >= 4 is 39.9 Å². The number of halogens is 2. The number of rotatable bonds is 4. The van der Waals surface area contributed by atoms with Crippen LogP contribution in [-0.2, 0) is 11.2 Å². The molecular weight excluding hydrogens is 569 g/mol. The number of aromatic nitrogens is 3. The monoisotopic (exact) mass is 609 g/mol. The average molecular weight is 610 g/mol. The third-order valence-corrected chi connectivity index (χ3v) is 9.58. The number of pyridine rings is 1. The van der Waals surface area contributed by atoms with Crippen LogP contribution in [0.1, 0.15) is 63.4 Å². The fraction of sp³-hybridized carbons (Fsp3) is 0.562. The van der Waals surface area contributed by atoms with Crippen molar-refractivity contribution in [1.29, 1.82) is 0 Å². The molecule has 2 atom stereocenters. The van der Waals surface area contributed by atoms with E-state index in [1.54, 1.807) is 18.3 Å². The summed E-state index contributed by atoms with van der Waals surface area (Å²) < 4.78 is 22.8. The van der Waals surface area contributed by atoms with Crippen molar-refractivity contribution in [3.8, 4) is 17.3 Å². The van der Waals surface area contributed by atoms with Crippen LogP contribution < -0.4 is 20.7 Å². The van der Waals surface area contributed by atoms with E-state index in [9.17, 15) is 4.79 Å². The molecule has 3 aromatic rings. The van der Waals surface area contributed by atoms with Crippen molar-refractivity contribution in [2.75, 3.05) is 50.5 Å². The number of fused-ring (bicyclic) bond motifs is 8. The lowest BCUT2D eigenvalue weighted by Crippen LogP contribution is -2.38. The van der Waals surface area contributed by atoms with E-state index in [-0.39, 0.29) is 23.1 Å². The van der Waals surface area contributed by atoms with E-state index in [2.05, 4.69) is 32.1 Å². The van der Waals surface area contributed by atoms with Crippen LogP contribution in [0.15, 0.2) is 18.3 Å². The molecule has 6 heterocycles. The van der Waals surface area contributed by atoms with Crippen LogP contribution in [0.4, 0.5) is 15.9 Å². The first-order chi connectivity index (χ1) is 20.9. The van der Waals surface area contributed by atoms with Gasteiger partial charge in [0, 0.05) is 54.6 Å². The second kappa shape index (κ2) is 13.2. The molecule has 9 nitrogen and oxygen atoms in total. The minimum absolute atomic E-state index is 0.0584. The summed E-state index contributed by atoms with van der Waals surface area (Å²) in [6, 6.07) is 4.04. The number of likely N-dealkylation sites (tertiary alicyclic amines) is 1. The standard InChI is InChI=1S/C32H41ClFN7O2/c1-40-13-5-7-22(40)11-15-43-32-38-30-25-18-37-29(28(30)34)24-16-21(35)17-26(33)23(24)8-2-3-9-27(42)36-12-10-20-6-4-14-41(19-20)31(25)39-32/h16-18,20,22H,2-15,19,35H2,1H3,(H,36,42)/t20?,22-/m0/s1. The van der Waals surface area contributed by atoms with Crippen LogP contribution in [-0.4, -0.2) is 71.6 Å². The van der Waals surface area contributed by atoms with Crippen molar-refractivity contribution in [1.82, 2.24) is 25.2 Å². The number of nitrogens with one attached hydrogen (secondary N) is 1. The van der Waals surface area contributed by atoms with Gasteiger partial charge in [-0.05, 0) is 95.0 Å². The van der Waals surface area contributed by atoms with Gasteiger partial charge in [-0.3, -0.25) is 9.78 Å². The Balaban J connectivity index is 1.43. The Morgan fingerprint density at radius 2 is 1.95 bits per heavy atom. The zero-order chi connectivity index (χ0) is 29.9. The predicted octanol–water partition coefficient (Wildman–Crippen LogP) is 5.38. The zero-order valence-corrected chi connectivity index (χ0v) is 25.6. The molecule has 7 rings (SSSR count). The summed E-state index contributed by atoms with van der Waals surface area (Å²) in [5.74, 6) is 0.535. The average Bonchev–Trinajstić information content (AvgIpc) is 3.40. The van der Waals surface area contributed by atoms with Crippen molar-refractivity contribution in [2.24, 2.45) is 5.92 Å². The van der Waals surface area contributed by atoms with Gasteiger partial charge in [-0.25, -0.2) is 4.39 Å². The highest BCUT2D eigenvalue weighted by Crippen LogP contribution is 2.38. The van der Waals surface area contributed by atoms with Crippen LogP contribution in [0.5, 0.6) is 6.01 Å². The fourth-order valence-corrected chi connectivity index (χ4v) is 7.18. The SMILES string of the molecule is CN1CCC[C@H]1CCOc1nc2c3cnc(c(F)c3n1)-c1cc(N)cc(Cl)c1CCCCC(=O)NCCC1CCCN2C1. The number of hydrogen-bond donors (Lipinski definition) is 2. The van der Waals surface area contributed by atoms with Gasteiger partial charge in [0.15, 0.2) is 5.82 Å². The Morgan fingerprint density at radius 3 is 2.79 bits per heavy atom. The number of amides is 1. The second-order valence-electron chi connectivity index (χ2n) is 12.3. The summed E-state index contributed by atoms with van der Waals surface area (Å²) >= 11 is 6.66. The van der Waals surface area contributed by atoms with Crippen molar-refractivity contribution < 1.29 is 13.9 Å². The molecule has 3 N–H and O–H groups in total. The molecule has 2 fully saturated rings. The summed E-state index contributed by atoms with van der Waals surface area (Å²) in [6.07, 6.45) is 10.2. The van der Waals surface area contributed by atoms with E-state index in [1.165, 1.54) is 6.42 Å². The topological polar surface area (TPSA) is 109 Å². The molecule has 43 heavy (non-hydrogen) atoms. The molecule has 2 aromatic heterocycles. The minimum Gasteiger partial charge on any atom is -0.463 e. The lowest BCUT2D eigenvalue weighted by Gasteiger charge is -2.34. The van der Waals surface area contributed by atoms with E-state index < -0.39 is 5.82 Å². The summed E-state index contributed by atoms with van der Waals surface area (Å²) in [5.41, 5.74) is 8.24. The fourth-order valence-electron chi connectivity index (χ4n) is 6.85. The molecule has 4 aliphatic rings. The Hall–Kier alpha value is -3.24. The van der Waals surface area contributed by atoms with Crippen LogP contribution in [0.3, 0.4) is 0 Å². The van der Waals surface area contributed by atoms with E-state index >= 15 is 4.39 Å². The number of carbonyl (C=O) groups excluding carboxylic acids is 1. The van der Waals surface area contributed by atoms with Gasteiger partial charge in [0.25, 0.3) is 0 Å². The molecule has 4 aliphatic heterocycles. The lowest BCUT2D eigenvalue weighted by atomic mass is 9.94. The number of carbonyl (C=O) groups is 1. The molecule has 230 valence electrons. The third kappa shape index (κ3) is 6.65. The number of nitrogen functional groups attached to an aromatic ring is 1. The largest absolute Gasteiger partial charge is 0.463 e. The Labute approximate surface area is 257 Å². The summed E-state index contributed by atoms with van der Waals surface area (Å²) in [4.78, 5) is 31.2. The summed E-state index contributed by atoms with van der Waals surface area (Å²) in [5, 5.41) is 4.11. The number of ether oxygens (including phenoxy) is 1. The molecule has 6 bridgehead atoms. The van der Waals surface area contributed by atoms with Crippen molar-refractivity contribution in [2.45, 2.75) is 70.3 Å². The van der Waals surface area contributed by atoms with Gasteiger partial charge < -0.3 is 25.6 Å². The highest BCUT2D eigenvalue weighted by atomic mass is 35.5. The Kier molecular flexibility index (Phi) is 9.14. The molecule has 2 saturated heterocycles. The number of piperidine rings is 1. The Bertz CT molecular complexity index is 1490. The Morgan fingerprint density at radius 1 is 1.12 bits per heavy atom. The quantitative estimate of drug-likeness (QED) is 0.380. The third-order valence-electron chi connectivity index (χ3n) is 9.24. The predicted molar refractivity (Wildman–Crippen MR) is 168 cm³/mol. The summed E-state index contributed by atoms with van der Waals surface area (Å²) in [7, 11) is 2.14. The van der Waals surface area contributed by atoms with Gasteiger partial charge in [0.05, 0.1) is 12.0 Å². The van der Waals surface area contributed by atoms with Crippen LogP contribution in [0, 0.1) is 11.7 Å². The van der Waals surface area contributed by atoms with Crippen LogP contribution in [0.25, 0.3) is 22.2 Å². The molecule has 0 saturated carbocycles. The molecule has 1 aromatic carbocycles. The van der Waals surface area contributed by atoms with Gasteiger partial charge in [0.1, 0.15) is 17.0 Å².